The molecule has 5 nitrogen and oxygen atoms in total. The van der Waals surface area contributed by atoms with Gasteiger partial charge in [-0.25, -0.2) is 9.97 Å². The molecule has 1 aromatic rings. The summed E-state index contributed by atoms with van der Waals surface area (Å²) in [7, 11) is 0. The largest absolute Gasteiger partial charge is 0.391 e. The molecule has 1 aliphatic rings. The lowest BCUT2D eigenvalue weighted by Crippen LogP contribution is -2.30. The van der Waals surface area contributed by atoms with Crippen molar-refractivity contribution in [2.24, 2.45) is 0 Å². The summed E-state index contributed by atoms with van der Waals surface area (Å²) in [6, 6.07) is 0. The number of β-amino-alcohol motifs (C(OH)–C–C–N with tert-alkyl or cyclic N) is 1. The third-order valence-corrected chi connectivity index (χ3v) is 2.60. The van der Waals surface area contributed by atoms with Crippen LogP contribution in [0.4, 0.5) is 0 Å². The molecule has 15 heavy (non-hydrogen) atoms. The number of hydrogen-bond acceptors (Lipinski definition) is 4. The second-order valence-electron chi connectivity index (χ2n) is 3.41. The van der Waals surface area contributed by atoms with Crippen molar-refractivity contribution < 1.29 is 9.90 Å². The first-order valence-corrected chi connectivity index (χ1v) is 4.99. The van der Waals surface area contributed by atoms with Crippen LogP contribution >= 0.6 is 11.6 Å². The van der Waals surface area contributed by atoms with E-state index in [0.29, 0.717) is 19.5 Å². The number of likely N-dealkylation sites (tertiary alicyclic amines) is 1. The molecule has 0 aliphatic carbocycles. The lowest BCUT2D eigenvalue weighted by molar-refractivity contribution is 0.0759. The summed E-state index contributed by atoms with van der Waals surface area (Å²) >= 11 is 5.80. The summed E-state index contributed by atoms with van der Waals surface area (Å²) in [5.74, 6) is -0.251. The van der Waals surface area contributed by atoms with Gasteiger partial charge >= 0.3 is 0 Å². The van der Waals surface area contributed by atoms with E-state index in [0.717, 1.165) is 0 Å². The minimum Gasteiger partial charge on any atom is -0.391 e. The van der Waals surface area contributed by atoms with Gasteiger partial charge in [0.15, 0.2) is 0 Å². The van der Waals surface area contributed by atoms with Gasteiger partial charge in [-0.3, -0.25) is 4.79 Å². The summed E-state index contributed by atoms with van der Waals surface area (Å²) in [6.45, 7) is 0.888. The fraction of sp³-hybridized carbons (Fsp3) is 0.444. The van der Waals surface area contributed by atoms with Crippen LogP contribution in [0.3, 0.4) is 0 Å². The normalized spacial score (nSPS) is 20.7. The summed E-state index contributed by atoms with van der Waals surface area (Å²) in [6.07, 6.45) is 2.84. The van der Waals surface area contributed by atoms with E-state index in [-0.39, 0.29) is 16.6 Å². The molecule has 1 saturated heterocycles. The molecule has 0 spiro atoms. The number of hydrogen-bond donors (Lipinski definition) is 1. The van der Waals surface area contributed by atoms with Gasteiger partial charge in [0.2, 0.25) is 0 Å². The topological polar surface area (TPSA) is 66.3 Å². The van der Waals surface area contributed by atoms with Gasteiger partial charge in [0.05, 0.1) is 11.1 Å². The molecule has 2 heterocycles. The van der Waals surface area contributed by atoms with Crippen molar-refractivity contribution in [3.8, 4) is 0 Å². The number of aromatic nitrogens is 2. The maximum Gasteiger partial charge on any atom is 0.274 e. The third kappa shape index (κ3) is 2.08. The molecule has 0 unspecified atom stereocenters. The first-order chi connectivity index (χ1) is 7.18. The van der Waals surface area contributed by atoms with Crippen LogP contribution in [0, 0.1) is 0 Å². The maximum atomic E-state index is 11.9. The molecule has 0 aromatic carbocycles. The minimum atomic E-state index is -0.436. The van der Waals surface area contributed by atoms with Crippen molar-refractivity contribution in [1.82, 2.24) is 14.9 Å². The van der Waals surface area contributed by atoms with E-state index in [1.54, 1.807) is 4.90 Å². The number of carbonyl (C=O) groups is 1. The zero-order valence-electron chi connectivity index (χ0n) is 7.93. The number of aliphatic hydroxyl groups is 1. The molecular formula is C9H10ClN3O2. The van der Waals surface area contributed by atoms with Crippen molar-refractivity contribution in [1.29, 1.82) is 0 Å². The predicted molar refractivity (Wildman–Crippen MR) is 53.6 cm³/mol. The zero-order chi connectivity index (χ0) is 10.8. The van der Waals surface area contributed by atoms with Crippen LogP contribution in [0.15, 0.2) is 12.5 Å². The fourth-order valence-electron chi connectivity index (χ4n) is 1.55. The summed E-state index contributed by atoms with van der Waals surface area (Å²) in [5, 5.41) is 9.54. The van der Waals surface area contributed by atoms with Crippen LogP contribution in [-0.2, 0) is 0 Å². The van der Waals surface area contributed by atoms with Crippen molar-refractivity contribution in [3.63, 3.8) is 0 Å². The van der Waals surface area contributed by atoms with E-state index in [9.17, 15) is 9.90 Å². The van der Waals surface area contributed by atoms with Gasteiger partial charge in [0.25, 0.3) is 5.91 Å². The molecule has 0 bridgehead atoms. The van der Waals surface area contributed by atoms with Gasteiger partial charge in [-0.1, -0.05) is 11.6 Å². The second kappa shape index (κ2) is 4.12. The SMILES string of the molecule is O=C(c1ncncc1Cl)N1CC[C@@H](O)C1. The van der Waals surface area contributed by atoms with Gasteiger partial charge in [-0.2, -0.15) is 0 Å². The Kier molecular flexibility index (Phi) is 2.83. The molecular weight excluding hydrogens is 218 g/mol. The van der Waals surface area contributed by atoms with Crippen LogP contribution in [-0.4, -0.2) is 45.1 Å². The number of nitrogens with zero attached hydrogens (tertiary/aromatic N) is 3. The quantitative estimate of drug-likeness (QED) is 0.751. The molecule has 1 fully saturated rings. The zero-order valence-corrected chi connectivity index (χ0v) is 8.68. The highest BCUT2D eigenvalue weighted by Gasteiger charge is 2.27. The average Bonchev–Trinajstić information content (AvgIpc) is 2.65. The van der Waals surface area contributed by atoms with E-state index in [1.165, 1.54) is 12.5 Å². The highest BCUT2D eigenvalue weighted by atomic mass is 35.5. The molecule has 6 heteroatoms. The number of carbonyl (C=O) groups excluding carboxylic acids is 1. The Morgan fingerprint density at radius 2 is 2.47 bits per heavy atom. The average molecular weight is 228 g/mol. The van der Waals surface area contributed by atoms with E-state index < -0.39 is 6.10 Å². The Morgan fingerprint density at radius 3 is 3.07 bits per heavy atom. The van der Waals surface area contributed by atoms with Crippen LogP contribution < -0.4 is 0 Å². The van der Waals surface area contributed by atoms with Crippen LogP contribution in [0.25, 0.3) is 0 Å². The molecule has 1 aliphatic heterocycles. The smallest absolute Gasteiger partial charge is 0.274 e. The van der Waals surface area contributed by atoms with Crippen molar-refractivity contribution >= 4 is 17.5 Å². The van der Waals surface area contributed by atoms with Gasteiger partial charge in [-0.15, -0.1) is 0 Å². The number of halogens is 1. The fourth-order valence-corrected chi connectivity index (χ4v) is 1.73. The third-order valence-electron chi connectivity index (χ3n) is 2.32. The lowest BCUT2D eigenvalue weighted by Gasteiger charge is -2.14. The molecule has 1 N–H and O–H groups in total. The van der Waals surface area contributed by atoms with Crippen LogP contribution in [0.1, 0.15) is 16.9 Å². The Labute approximate surface area is 91.7 Å². The summed E-state index contributed by atoms with van der Waals surface area (Å²) in [4.78, 5) is 20.9. The van der Waals surface area contributed by atoms with Gasteiger partial charge in [-0.05, 0) is 6.42 Å². The van der Waals surface area contributed by atoms with Gasteiger partial charge in [0.1, 0.15) is 12.0 Å². The molecule has 1 amide bonds. The van der Waals surface area contributed by atoms with Crippen LogP contribution in [0.2, 0.25) is 5.02 Å². The van der Waals surface area contributed by atoms with Crippen molar-refractivity contribution in [3.05, 3.63) is 23.2 Å². The first-order valence-electron chi connectivity index (χ1n) is 4.61. The van der Waals surface area contributed by atoms with E-state index in [1.807, 2.05) is 0 Å². The molecule has 1 atom stereocenters. The van der Waals surface area contributed by atoms with Crippen molar-refractivity contribution in [2.75, 3.05) is 13.1 Å². The monoisotopic (exact) mass is 227 g/mol. The summed E-state index contributed by atoms with van der Waals surface area (Å²) < 4.78 is 0. The highest BCUT2D eigenvalue weighted by molar-refractivity contribution is 6.33. The molecule has 2 rings (SSSR count). The van der Waals surface area contributed by atoms with Crippen molar-refractivity contribution in [2.45, 2.75) is 12.5 Å². The maximum absolute atomic E-state index is 11.9. The number of amides is 1. The summed E-state index contributed by atoms with van der Waals surface area (Å²) in [5.41, 5.74) is 0.195. The van der Waals surface area contributed by atoms with E-state index in [4.69, 9.17) is 11.6 Å². The molecule has 80 valence electrons. The Bertz CT molecular complexity index is 385. The molecule has 1 aromatic heterocycles. The Hall–Kier alpha value is -1.20. The Morgan fingerprint density at radius 1 is 1.67 bits per heavy atom. The molecule has 0 radical (unpaired) electrons. The molecule has 0 saturated carbocycles. The number of aliphatic hydroxyl groups excluding tert-OH is 1. The second-order valence-corrected chi connectivity index (χ2v) is 3.82. The highest BCUT2D eigenvalue weighted by Crippen LogP contribution is 2.17. The predicted octanol–water partition coefficient (Wildman–Crippen LogP) is 0.337. The van der Waals surface area contributed by atoms with Gasteiger partial charge in [0, 0.05) is 19.3 Å². The van der Waals surface area contributed by atoms with Crippen LogP contribution in [0.5, 0.6) is 0 Å². The minimum absolute atomic E-state index is 0.195. The van der Waals surface area contributed by atoms with Gasteiger partial charge < -0.3 is 10.0 Å². The first kappa shape index (κ1) is 10.3. The standard InChI is InChI=1S/C9H10ClN3O2/c10-7-3-11-5-12-8(7)9(15)13-2-1-6(14)4-13/h3,5-6,14H,1-2,4H2/t6-/m1/s1. The Balaban J connectivity index is 2.18. The van der Waals surface area contributed by atoms with E-state index >= 15 is 0 Å². The lowest BCUT2D eigenvalue weighted by atomic mass is 10.3. The number of rotatable bonds is 1. The van der Waals surface area contributed by atoms with E-state index in [2.05, 4.69) is 9.97 Å².